The van der Waals surface area contributed by atoms with Crippen LogP contribution in [0, 0.1) is 11.6 Å². The fraction of sp³-hybridized carbons (Fsp3) is 0.364. The van der Waals surface area contributed by atoms with Crippen molar-refractivity contribution in [1.82, 2.24) is 0 Å². The first kappa shape index (κ1) is 15.4. The summed E-state index contributed by atoms with van der Waals surface area (Å²) in [5, 5.41) is 2.34. The molecule has 0 spiro atoms. The van der Waals surface area contributed by atoms with Crippen molar-refractivity contribution in [3.63, 3.8) is 0 Å². The highest BCUT2D eigenvalue weighted by Crippen LogP contribution is 2.23. The summed E-state index contributed by atoms with van der Waals surface area (Å²) in [5.74, 6) is -1.30. The molecule has 1 aromatic rings. The van der Waals surface area contributed by atoms with Gasteiger partial charge in [-0.3, -0.25) is 4.79 Å². The third kappa shape index (κ3) is 4.22. The Hall–Kier alpha value is -0.660. The lowest BCUT2D eigenvalue weighted by Gasteiger charge is -2.12. The van der Waals surface area contributed by atoms with Crippen LogP contribution < -0.4 is 11.1 Å². The lowest BCUT2D eigenvalue weighted by atomic mass is 10.2. The molecule has 100 valence electrons. The normalized spacial score (nSPS) is 12.3. The van der Waals surface area contributed by atoms with E-state index < -0.39 is 23.6 Å². The van der Waals surface area contributed by atoms with Crippen LogP contribution in [0.4, 0.5) is 14.5 Å². The summed E-state index contributed by atoms with van der Waals surface area (Å²) in [7, 11) is 0. The molecule has 18 heavy (non-hydrogen) atoms. The molecule has 0 aliphatic carbocycles. The summed E-state index contributed by atoms with van der Waals surface area (Å²) in [6.07, 6.45) is 2.40. The van der Waals surface area contributed by atoms with Gasteiger partial charge in [-0.1, -0.05) is 0 Å². The molecule has 1 amide bonds. The lowest BCUT2D eigenvalue weighted by molar-refractivity contribution is -0.117. The second-order valence-electron chi connectivity index (χ2n) is 3.62. The van der Waals surface area contributed by atoms with Gasteiger partial charge in [-0.25, -0.2) is 8.78 Å². The summed E-state index contributed by atoms with van der Waals surface area (Å²) in [5.41, 5.74) is 5.55. The van der Waals surface area contributed by atoms with Crippen molar-refractivity contribution >= 4 is 39.3 Å². The molecule has 0 radical (unpaired) electrons. The Morgan fingerprint density at radius 3 is 2.78 bits per heavy atom. The van der Waals surface area contributed by atoms with E-state index in [4.69, 9.17) is 5.73 Å². The van der Waals surface area contributed by atoms with Gasteiger partial charge in [-0.15, -0.1) is 0 Å². The van der Waals surface area contributed by atoms with Gasteiger partial charge in [-0.2, -0.15) is 11.8 Å². The van der Waals surface area contributed by atoms with Crippen molar-refractivity contribution in [2.45, 2.75) is 12.5 Å². The number of rotatable bonds is 5. The number of nitrogens with one attached hydrogen (secondary N) is 1. The fourth-order valence-corrected chi connectivity index (χ4v) is 2.05. The van der Waals surface area contributed by atoms with Crippen molar-refractivity contribution in [1.29, 1.82) is 0 Å². The van der Waals surface area contributed by atoms with Crippen LogP contribution in [0.5, 0.6) is 0 Å². The number of hydrogen-bond donors (Lipinski definition) is 2. The van der Waals surface area contributed by atoms with Crippen LogP contribution >= 0.6 is 27.7 Å². The maximum atomic E-state index is 13.4. The van der Waals surface area contributed by atoms with Crippen molar-refractivity contribution < 1.29 is 13.6 Å². The molecule has 0 aliphatic heterocycles. The van der Waals surface area contributed by atoms with Gasteiger partial charge < -0.3 is 11.1 Å². The molecule has 3 nitrogen and oxygen atoms in total. The van der Waals surface area contributed by atoms with E-state index in [9.17, 15) is 13.6 Å². The van der Waals surface area contributed by atoms with Gasteiger partial charge in [0.1, 0.15) is 11.6 Å². The van der Waals surface area contributed by atoms with Crippen molar-refractivity contribution in [2.75, 3.05) is 17.3 Å². The monoisotopic (exact) mass is 338 g/mol. The molecule has 0 heterocycles. The van der Waals surface area contributed by atoms with Crippen molar-refractivity contribution in [3.8, 4) is 0 Å². The fourth-order valence-electron chi connectivity index (χ4n) is 1.22. The number of nitrogens with two attached hydrogens (primary N) is 1. The Morgan fingerprint density at radius 1 is 1.50 bits per heavy atom. The Labute approximate surface area is 117 Å². The van der Waals surface area contributed by atoms with Crippen LogP contribution in [0.3, 0.4) is 0 Å². The molecule has 0 aromatic heterocycles. The van der Waals surface area contributed by atoms with Gasteiger partial charge in [0.15, 0.2) is 0 Å². The number of hydrogen-bond acceptors (Lipinski definition) is 3. The van der Waals surface area contributed by atoms with E-state index in [1.165, 1.54) is 6.07 Å². The molecular weight excluding hydrogens is 326 g/mol. The number of thioether (sulfide) groups is 1. The Balaban J connectivity index is 2.72. The maximum absolute atomic E-state index is 13.4. The topological polar surface area (TPSA) is 55.1 Å². The SMILES string of the molecule is CSCC[C@@H](N)C(=O)Nc1cc(Br)c(F)cc1F. The van der Waals surface area contributed by atoms with E-state index >= 15 is 0 Å². The van der Waals surface area contributed by atoms with Crippen LogP contribution in [0.2, 0.25) is 0 Å². The quantitative estimate of drug-likeness (QED) is 0.811. The van der Waals surface area contributed by atoms with E-state index in [0.717, 1.165) is 5.75 Å². The van der Waals surface area contributed by atoms with Crippen molar-refractivity contribution in [3.05, 3.63) is 28.2 Å². The summed E-state index contributed by atoms with van der Waals surface area (Å²) in [6, 6.07) is 1.16. The number of benzene rings is 1. The maximum Gasteiger partial charge on any atom is 0.241 e. The van der Waals surface area contributed by atoms with E-state index in [1.54, 1.807) is 11.8 Å². The smallest absolute Gasteiger partial charge is 0.241 e. The number of anilines is 1. The Morgan fingerprint density at radius 2 is 2.17 bits per heavy atom. The van der Waals surface area contributed by atoms with Gasteiger partial charge >= 0.3 is 0 Å². The lowest BCUT2D eigenvalue weighted by Crippen LogP contribution is -2.36. The molecule has 0 unspecified atom stereocenters. The highest BCUT2D eigenvalue weighted by Gasteiger charge is 2.16. The van der Waals surface area contributed by atoms with Gasteiger partial charge in [0.05, 0.1) is 16.2 Å². The molecule has 7 heteroatoms. The van der Waals surface area contributed by atoms with Crippen molar-refractivity contribution in [2.24, 2.45) is 5.73 Å². The molecule has 1 atom stereocenters. The predicted molar refractivity (Wildman–Crippen MR) is 73.7 cm³/mol. The van der Waals surface area contributed by atoms with Crippen LogP contribution in [-0.2, 0) is 4.79 Å². The zero-order valence-electron chi connectivity index (χ0n) is 9.67. The summed E-state index contributed by atoms with van der Waals surface area (Å²) < 4.78 is 26.5. The van der Waals surface area contributed by atoms with Gasteiger partial charge in [-0.05, 0) is 40.4 Å². The second kappa shape index (κ2) is 7.06. The first-order valence-corrected chi connectivity index (χ1v) is 7.34. The van der Waals surface area contributed by atoms with Crippen LogP contribution in [0.25, 0.3) is 0 Å². The Kier molecular flexibility index (Phi) is 6.04. The third-order valence-electron chi connectivity index (χ3n) is 2.24. The predicted octanol–water partition coefficient (Wildman–Crippen LogP) is 2.75. The van der Waals surface area contributed by atoms with Crippen LogP contribution in [0.15, 0.2) is 16.6 Å². The molecule has 0 saturated carbocycles. The molecule has 0 aliphatic rings. The number of carbonyl (C=O) groups is 1. The van der Waals surface area contributed by atoms with Gasteiger partial charge in [0.2, 0.25) is 5.91 Å². The zero-order chi connectivity index (χ0) is 13.7. The summed E-state index contributed by atoms with van der Waals surface area (Å²) in [4.78, 5) is 11.6. The minimum absolute atomic E-state index is 0.0804. The highest BCUT2D eigenvalue weighted by molar-refractivity contribution is 9.10. The number of carbonyl (C=O) groups excluding carboxylic acids is 1. The van der Waals surface area contributed by atoms with Gasteiger partial charge in [0, 0.05) is 6.07 Å². The molecule has 1 aromatic carbocycles. The molecule has 0 saturated heterocycles. The Bertz CT molecular complexity index is 445. The van der Waals surface area contributed by atoms with E-state index in [2.05, 4.69) is 21.2 Å². The average Bonchev–Trinajstić information content (AvgIpc) is 2.32. The number of halogens is 3. The minimum Gasteiger partial charge on any atom is -0.322 e. The molecule has 0 bridgehead atoms. The molecule has 1 rings (SSSR count). The first-order chi connectivity index (χ1) is 8.45. The van der Waals surface area contributed by atoms with Gasteiger partial charge in [0.25, 0.3) is 0 Å². The molecule has 0 fully saturated rings. The second-order valence-corrected chi connectivity index (χ2v) is 5.46. The average molecular weight is 339 g/mol. The van der Waals surface area contributed by atoms with Crippen LogP contribution in [-0.4, -0.2) is 24.0 Å². The van der Waals surface area contributed by atoms with E-state index in [0.29, 0.717) is 12.5 Å². The van der Waals surface area contributed by atoms with E-state index in [-0.39, 0.29) is 10.2 Å². The summed E-state index contributed by atoms with van der Waals surface area (Å²) >= 11 is 4.49. The number of amides is 1. The molecule has 3 N–H and O–H groups in total. The standard InChI is InChI=1S/C11H13BrF2N2OS/c1-18-3-2-9(15)11(17)16-10-4-6(12)7(13)5-8(10)14/h4-5,9H,2-3,15H2,1H3,(H,16,17)/t9-/m1/s1. The first-order valence-electron chi connectivity index (χ1n) is 5.15. The summed E-state index contributed by atoms with van der Waals surface area (Å²) in [6.45, 7) is 0. The highest BCUT2D eigenvalue weighted by atomic mass is 79.9. The minimum atomic E-state index is -0.832. The molecular formula is C11H13BrF2N2OS. The van der Waals surface area contributed by atoms with E-state index in [1.807, 2.05) is 6.26 Å². The third-order valence-corrected chi connectivity index (χ3v) is 3.49. The zero-order valence-corrected chi connectivity index (χ0v) is 12.1. The van der Waals surface area contributed by atoms with Crippen LogP contribution in [0.1, 0.15) is 6.42 Å². The largest absolute Gasteiger partial charge is 0.322 e.